The molecule has 1 unspecified atom stereocenters. The van der Waals surface area contributed by atoms with Gasteiger partial charge in [0.25, 0.3) is 0 Å². The minimum absolute atomic E-state index is 0.376. The highest BCUT2D eigenvalue weighted by atomic mass is 14.9. The summed E-state index contributed by atoms with van der Waals surface area (Å²) in [5.41, 5.74) is 2.05. The summed E-state index contributed by atoms with van der Waals surface area (Å²) in [4.78, 5) is 0. The van der Waals surface area contributed by atoms with E-state index in [1.165, 1.54) is 32.1 Å². The molecule has 0 bridgehead atoms. The predicted octanol–water partition coefficient (Wildman–Crippen LogP) is 3.90. The molecule has 1 aliphatic carbocycles. The summed E-state index contributed by atoms with van der Waals surface area (Å²) in [6, 6.07) is 0.599. The molecule has 1 rings (SSSR count). The van der Waals surface area contributed by atoms with Crippen LogP contribution in [0.3, 0.4) is 0 Å². The molecule has 0 heterocycles. The molecule has 0 fully saturated rings. The van der Waals surface area contributed by atoms with E-state index in [0.29, 0.717) is 11.5 Å². The molecule has 0 radical (unpaired) electrons. The monoisotopic (exact) mass is 209 g/mol. The Hall–Kier alpha value is -0.300. The average Bonchev–Trinajstić information content (AvgIpc) is 2.18. The fourth-order valence-corrected chi connectivity index (χ4v) is 1.89. The van der Waals surface area contributed by atoms with Gasteiger partial charge in [0, 0.05) is 6.04 Å². The third-order valence-electron chi connectivity index (χ3n) is 3.58. The van der Waals surface area contributed by atoms with Crippen LogP contribution in [0.5, 0.6) is 0 Å². The zero-order chi connectivity index (χ0) is 11.3. The number of rotatable bonds is 4. The molecular weight excluding hydrogens is 182 g/mol. The topological polar surface area (TPSA) is 12.0 Å². The van der Waals surface area contributed by atoms with Crippen molar-refractivity contribution >= 4 is 0 Å². The number of hydrogen-bond donors (Lipinski definition) is 1. The molecule has 0 aromatic rings. The van der Waals surface area contributed by atoms with Gasteiger partial charge in [-0.15, -0.1) is 0 Å². The molecule has 0 aromatic carbocycles. The van der Waals surface area contributed by atoms with Crippen molar-refractivity contribution < 1.29 is 0 Å². The summed E-state index contributed by atoms with van der Waals surface area (Å²) >= 11 is 0. The summed E-state index contributed by atoms with van der Waals surface area (Å²) < 4.78 is 0. The lowest BCUT2D eigenvalue weighted by Gasteiger charge is -2.28. The van der Waals surface area contributed by atoms with Crippen molar-refractivity contribution in [3.63, 3.8) is 0 Å². The molecule has 0 saturated heterocycles. The molecule has 1 heteroatoms. The van der Waals surface area contributed by atoms with Crippen LogP contribution in [0, 0.1) is 5.41 Å². The minimum atomic E-state index is 0.376. The summed E-state index contributed by atoms with van der Waals surface area (Å²) in [6.07, 6.45) is 9.15. The van der Waals surface area contributed by atoms with E-state index in [-0.39, 0.29) is 0 Å². The van der Waals surface area contributed by atoms with Gasteiger partial charge in [-0.25, -0.2) is 0 Å². The molecule has 1 atom stereocenters. The lowest BCUT2D eigenvalue weighted by Crippen LogP contribution is -2.38. The molecule has 0 aromatic heterocycles. The molecule has 0 saturated carbocycles. The lowest BCUT2D eigenvalue weighted by molar-refractivity contribution is 0.287. The van der Waals surface area contributed by atoms with E-state index < -0.39 is 0 Å². The van der Waals surface area contributed by atoms with Crippen LogP contribution in [0.2, 0.25) is 0 Å². The van der Waals surface area contributed by atoms with Crippen molar-refractivity contribution in [3.05, 3.63) is 11.6 Å². The van der Waals surface area contributed by atoms with Crippen LogP contribution in [0.4, 0.5) is 0 Å². The van der Waals surface area contributed by atoms with E-state index >= 15 is 0 Å². The zero-order valence-corrected chi connectivity index (χ0v) is 10.9. The molecule has 1 aliphatic rings. The first-order valence-corrected chi connectivity index (χ1v) is 6.41. The second-order valence-electron chi connectivity index (χ2n) is 5.90. The van der Waals surface area contributed by atoms with Crippen LogP contribution < -0.4 is 5.32 Å². The summed E-state index contributed by atoms with van der Waals surface area (Å²) in [6.45, 7) is 10.3. The Balaban J connectivity index is 2.18. The lowest BCUT2D eigenvalue weighted by atomic mass is 9.88. The summed E-state index contributed by atoms with van der Waals surface area (Å²) in [5, 5.41) is 3.63. The highest BCUT2D eigenvalue weighted by Gasteiger charge is 2.18. The van der Waals surface area contributed by atoms with Crippen molar-refractivity contribution in [3.8, 4) is 0 Å². The van der Waals surface area contributed by atoms with E-state index in [9.17, 15) is 0 Å². The molecule has 88 valence electrons. The second-order valence-corrected chi connectivity index (χ2v) is 5.90. The second kappa shape index (κ2) is 5.69. The fraction of sp³-hybridized carbons (Fsp3) is 0.857. The van der Waals surface area contributed by atoms with E-state index in [2.05, 4.69) is 39.1 Å². The Morgan fingerprint density at radius 2 is 2.07 bits per heavy atom. The van der Waals surface area contributed by atoms with E-state index in [0.717, 1.165) is 6.54 Å². The van der Waals surface area contributed by atoms with Gasteiger partial charge in [0.05, 0.1) is 0 Å². The molecule has 0 aliphatic heterocycles. The van der Waals surface area contributed by atoms with Gasteiger partial charge < -0.3 is 5.32 Å². The van der Waals surface area contributed by atoms with E-state index in [1.807, 2.05) is 0 Å². The highest BCUT2D eigenvalue weighted by molar-refractivity contribution is 5.05. The molecule has 15 heavy (non-hydrogen) atoms. The first-order chi connectivity index (χ1) is 7.00. The van der Waals surface area contributed by atoms with Crippen LogP contribution in [0.1, 0.15) is 59.8 Å². The maximum Gasteiger partial charge on any atom is 0.00873 e. The van der Waals surface area contributed by atoms with Crippen molar-refractivity contribution in [2.24, 2.45) is 5.41 Å². The molecule has 0 amide bonds. The van der Waals surface area contributed by atoms with E-state index in [1.54, 1.807) is 5.57 Å². The summed E-state index contributed by atoms with van der Waals surface area (Å²) in [5.74, 6) is 0. The van der Waals surface area contributed by atoms with Crippen LogP contribution in [0.25, 0.3) is 0 Å². The summed E-state index contributed by atoms with van der Waals surface area (Å²) in [7, 11) is 0. The van der Waals surface area contributed by atoms with Gasteiger partial charge in [-0.05, 0) is 51.0 Å². The van der Waals surface area contributed by atoms with Gasteiger partial charge in [0.1, 0.15) is 0 Å². The molecule has 0 spiro atoms. The first kappa shape index (κ1) is 12.8. The van der Waals surface area contributed by atoms with Gasteiger partial charge in [-0.3, -0.25) is 0 Å². The van der Waals surface area contributed by atoms with Crippen LogP contribution >= 0.6 is 0 Å². The van der Waals surface area contributed by atoms with Gasteiger partial charge in [0.15, 0.2) is 0 Å². The molecular formula is C14H27N. The smallest absolute Gasteiger partial charge is 0.00873 e. The Kier molecular flexibility index (Phi) is 4.85. The Morgan fingerprint density at radius 1 is 1.33 bits per heavy atom. The Labute approximate surface area is 95.3 Å². The highest BCUT2D eigenvalue weighted by Crippen LogP contribution is 2.21. The van der Waals surface area contributed by atoms with Crippen LogP contribution in [0.15, 0.2) is 11.6 Å². The number of nitrogens with one attached hydrogen (secondary N) is 1. The molecule has 1 nitrogen and oxygen atoms in total. The maximum absolute atomic E-state index is 3.63. The van der Waals surface area contributed by atoms with Crippen molar-refractivity contribution in [1.82, 2.24) is 5.32 Å². The van der Waals surface area contributed by atoms with Crippen molar-refractivity contribution in [2.45, 2.75) is 65.8 Å². The van der Waals surface area contributed by atoms with Gasteiger partial charge in [0.2, 0.25) is 0 Å². The fourth-order valence-electron chi connectivity index (χ4n) is 1.89. The zero-order valence-electron chi connectivity index (χ0n) is 10.9. The van der Waals surface area contributed by atoms with Crippen LogP contribution in [-0.2, 0) is 0 Å². The molecule has 1 N–H and O–H groups in total. The van der Waals surface area contributed by atoms with E-state index in [4.69, 9.17) is 0 Å². The number of allylic oxidation sites excluding steroid dienone is 1. The van der Waals surface area contributed by atoms with Gasteiger partial charge >= 0.3 is 0 Å². The minimum Gasteiger partial charge on any atom is -0.313 e. The predicted molar refractivity (Wildman–Crippen MR) is 68.1 cm³/mol. The normalized spacial score (nSPS) is 19.9. The quantitative estimate of drug-likeness (QED) is 0.692. The third-order valence-corrected chi connectivity index (χ3v) is 3.58. The maximum atomic E-state index is 3.63. The SMILES string of the molecule is CC(NCCC1=CCCCC1)C(C)(C)C. The third kappa shape index (κ3) is 4.83. The Bertz CT molecular complexity index is 210. The van der Waals surface area contributed by atoms with Crippen molar-refractivity contribution in [2.75, 3.05) is 6.54 Å². The van der Waals surface area contributed by atoms with Crippen LogP contribution in [-0.4, -0.2) is 12.6 Å². The number of hydrogen-bond acceptors (Lipinski definition) is 1. The standard InChI is InChI=1S/C14H27N/c1-12(14(2,3)4)15-11-10-13-8-6-5-7-9-13/h8,12,15H,5-7,9-11H2,1-4H3. The first-order valence-electron chi connectivity index (χ1n) is 6.41. The van der Waals surface area contributed by atoms with Gasteiger partial charge in [-0.2, -0.15) is 0 Å². The largest absolute Gasteiger partial charge is 0.313 e. The van der Waals surface area contributed by atoms with Gasteiger partial charge in [-0.1, -0.05) is 32.4 Å². The average molecular weight is 209 g/mol. The van der Waals surface area contributed by atoms with Crippen molar-refractivity contribution in [1.29, 1.82) is 0 Å². The Morgan fingerprint density at radius 3 is 2.60 bits per heavy atom.